The zero-order chi connectivity index (χ0) is 19.1. The van der Waals surface area contributed by atoms with Crippen LogP contribution < -0.4 is 15.5 Å². The number of nitrogens with zero attached hydrogens (tertiary/aromatic N) is 6. The van der Waals surface area contributed by atoms with Gasteiger partial charge in [0.15, 0.2) is 5.96 Å². The molecule has 27 heavy (non-hydrogen) atoms. The van der Waals surface area contributed by atoms with Crippen molar-refractivity contribution in [1.82, 2.24) is 30.4 Å². The van der Waals surface area contributed by atoms with E-state index in [0.717, 1.165) is 49.4 Å². The van der Waals surface area contributed by atoms with Gasteiger partial charge in [-0.15, -0.1) is 0 Å². The number of ether oxygens (including phenoxy) is 1. The number of anilines is 1. The largest absolute Gasteiger partial charge is 0.375 e. The van der Waals surface area contributed by atoms with Crippen molar-refractivity contribution in [2.45, 2.75) is 33.0 Å². The van der Waals surface area contributed by atoms with E-state index < -0.39 is 0 Å². The van der Waals surface area contributed by atoms with Crippen molar-refractivity contribution >= 4 is 11.8 Å². The highest BCUT2D eigenvalue weighted by Gasteiger charge is 2.18. The van der Waals surface area contributed by atoms with E-state index in [9.17, 15) is 0 Å². The summed E-state index contributed by atoms with van der Waals surface area (Å²) in [5.41, 5.74) is 1.12. The first kappa shape index (κ1) is 19.1. The van der Waals surface area contributed by atoms with E-state index in [4.69, 9.17) is 4.74 Å². The zero-order valence-corrected chi connectivity index (χ0v) is 16.2. The van der Waals surface area contributed by atoms with Gasteiger partial charge < -0.3 is 20.3 Å². The van der Waals surface area contributed by atoms with Crippen LogP contribution >= 0.6 is 0 Å². The molecule has 0 saturated carbocycles. The Hall–Kier alpha value is -2.68. The molecule has 0 aromatic carbocycles. The van der Waals surface area contributed by atoms with E-state index >= 15 is 0 Å². The second-order valence-electron chi connectivity index (χ2n) is 6.50. The molecule has 3 heterocycles. The molecule has 1 fully saturated rings. The fourth-order valence-electron chi connectivity index (χ4n) is 2.91. The summed E-state index contributed by atoms with van der Waals surface area (Å²) in [5, 5.41) is 10.6. The van der Waals surface area contributed by atoms with Crippen LogP contribution in [0.15, 0.2) is 29.6 Å². The van der Waals surface area contributed by atoms with Gasteiger partial charge in [-0.2, -0.15) is 5.10 Å². The van der Waals surface area contributed by atoms with Crippen LogP contribution in [0.1, 0.15) is 25.2 Å². The summed E-state index contributed by atoms with van der Waals surface area (Å²) in [6.07, 6.45) is 3.62. The number of hydrogen-bond acceptors (Lipinski definition) is 6. The molecule has 1 aliphatic rings. The monoisotopic (exact) mass is 372 g/mol. The fourth-order valence-corrected chi connectivity index (χ4v) is 2.91. The maximum absolute atomic E-state index is 5.61. The summed E-state index contributed by atoms with van der Waals surface area (Å²) in [5.74, 6) is 2.59. The van der Waals surface area contributed by atoms with Crippen LogP contribution in [-0.4, -0.2) is 58.1 Å². The van der Waals surface area contributed by atoms with Gasteiger partial charge in [-0.25, -0.2) is 15.0 Å². The lowest BCUT2D eigenvalue weighted by molar-refractivity contribution is 0.0529. The van der Waals surface area contributed by atoms with E-state index in [0.29, 0.717) is 13.1 Å². The predicted molar refractivity (Wildman–Crippen MR) is 105 cm³/mol. The quantitative estimate of drug-likeness (QED) is 0.569. The Bertz CT molecular complexity index is 759. The molecule has 2 aromatic rings. The summed E-state index contributed by atoms with van der Waals surface area (Å²) in [6, 6.07) is 4.11. The fraction of sp³-hybridized carbons (Fsp3) is 0.556. The number of aromatic nitrogens is 4. The van der Waals surface area contributed by atoms with Gasteiger partial charge in [-0.05, 0) is 31.5 Å². The molecule has 3 rings (SSSR count). The van der Waals surface area contributed by atoms with Gasteiger partial charge >= 0.3 is 0 Å². The van der Waals surface area contributed by atoms with Gasteiger partial charge in [0.1, 0.15) is 18.0 Å². The van der Waals surface area contributed by atoms with Gasteiger partial charge in [0.2, 0.25) is 0 Å². The molecule has 0 amide bonds. The Morgan fingerprint density at radius 1 is 1.37 bits per heavy atom. The standard InChI is InChI=1S/C18H28N8O/c1-4-19-18(22-11-17-23-13-24-25(17)3)21-10-15-5-6-20-16(9-15)26-7-8-27-14(2)12-26/h5-6,9,13-14H,4,7-8,10-12H2,1-3H3,(H2,19,21,22). The molecule has 0 bridgehead atoms. The van der Waals surface area contributed by atoms with E-state index in [1.807, 2.05) is 26.2 Å². The molecule has 9 heteroatoms. The average molecular weight is 372 g/mol. The van der Waals surface area contributed by atoms with Crippen LogP contribution in [0.3, 0.4) is 0 Å². The average Bonchev–Trinajstić information content (AvgIpc) is 3.09. The lowest BCUT2D eigenvalue weighted by Crippen LogP contribution is -2.41. The first-order valence-electron chi connectivity index (χ1n) is 9.32. The van der Waals surface area contributed by atoms with Crippen molar-refractivity contribution in [3.63, 3.8) is 0 Å². The van der Waals surface area contributed by atoms with Gasteiger partial charge in [0.25, 0.3) is 0 Å². The minimum atomic E-state index is 0.229. The summed E-state index contributed by atoms with van der Waals surface area (Å²) < 4.78 is 7.36. The highest BCUT2D eigenvalue weighted by Crippen LogP contribution is 2.16. The molecule has 2 aromatic heterocycles. The number of morpholine rings is 1. The highest BCUT2D eigenvalue weighted by atomic mass is 16.5. The summed E-state index contributed by atoms with van der Waals surface area (Å²) >= 11 is 0. The molecule has 146 valence electrons. The molecule has 1 aliphatic heterocycles. The molecular weight excluding hydrogens is 344 g/mol. The number of pyridine rings is 1. The number of rotatable bonds is 6. The smallest absolute Gasteiger partial charge is 0.191 e. The molecule has 1 saturated heterocycles. The molecule has 2 N–H and O–H groups in total. The van der Waals surface area contributed by atoms with Crippen LogP contribution in [0.5, 0.6) is 0 Å². The van der Waals surface area contributed by atoms with Crippen LogP contribution in [-0.2, 0) is 24.9 Å². The topological polar surface area (TPSA) is 92.5 Å². The minimum Gasteiger partial charge on any atom is -0.375 e. The van der Waals surface area contributed by atoms with Crippen molar-refractivity contribution < 1.29 is 4.74 Å². The second kappa shape index (κ2) is 9.31. The Labute approximate surface area is 159 Å². The lowest BCUT2D eigenvalue weighted by Gasteiger charge is -2.32. The van der Waals surface area contributed by atoms with Crippen LogP contribution in [0.4, 0.5) is 5.82 Å². The molecule has 0 spiro atoms. The first-order chi connectivity index (χ1) is 13.2. The molecule has 9 nitrogen and oxygen atoms in total. The molecule has 1 unspecified atom stereocenters. The van der Waals surface area contributed by atoms with Crippen LogP contribution in [0.2, 0.25) is 0 Å². The Kier molecular flexibility index (Phi) is 6.59. The summed E-state index contributed by atoms with van der Waals surface area (Å²) in [6.45, 7) is 8.53. The normalized spacial score (nSPS) is 17.8. The third kappa shape index (κ3) is 5.40. The van der Waals surface area contributed by atoms with E-state index in [1.165, 1.54) is 0 Å². The second-order valence-corrected chi connectivity index (χ2v) is 6.50. The van der Waals surface area contributed by atoms with Crippen molar-refractivity contribution in [3.05, 3.63) is 36.0 Å². The van der Waals surface area contributed by atoms with Crippen LogP contribution in [0, 0.1) is 0 Å². The van der Waals surface area contributed by atoms with Gasteiger partial charge in [-0.3, -0.25) is 4.68 Å². The zero-order valence-electron chi connectivity index (χ0n) is 16.2. The minimum absolute atomic E-state index is 0.229. The van der Waals surface area contributed by atoms with Gasteiger partial charge in [-0.1, -0.05) is 0 Å². The predicted octanol–water partition coefficient (Wildman–Crippen LogP) is 0.690. The van der Waals surface area contributed by atoms with Crippen molar-refractivity contribution in [2.24, 2.45) is 12.0 Å². The Morgan fingerprint density at radius 3 is 3.00 bits per heavy atom. The number of guanidine groups is 1. The maximum Gasteiger partial charge on any atom is 0.191 e. The van der Waals surface area contributed by atoms with Crippen molar-refractivity contribution in [2.75, 3.05) is 31.1 Å². The molecule has 0 aliphatic carbocycles. The number of aliphatic imine (C=N–C) groups is 1. The molecule has 0 radical (unpaired) electrons. The number of aryl methyl sites for hydroxylation is 1. The lowest BCUT2D eigenvalue weighted by atomic mass is 10.2. The first-order valence-corrected chi connectivity index (χ1v) is 9.32. The maximum atomic E-state index is 5.61. The van der Waals surface area contributed by atoms with E-state index in [2.05, 4.69) is 48.6 Å². The molecule has 1 atom stereocenters. The van der Waals surface area contributed by atoms with Crippen LogP contribution in [0.25, 0.3) is 0 Å². The molecular formula is C18H28N8O. The Morgan fingerprint density at radius 2 is 2.26 bits per heavy atom. The Balaban J connectivity index is 1.63. The van der Waals surface area contributed by atoms with Gasteiger partial charge in [0, 0.05) is 32.9 Å². The number of nitrogens with one attached hydrogen (secondary N) is 2. The van der Waals surface area contributed by atoms with E-state index in [1.54, 1.807) is 11.0 Å². The van der Waals surface area contributed by atoms with Crippen molar-refractivity contribution in [1.29, 1.82) is 0 Å². The van der Waals surface area contributed by atoms with Gasteiger partial charge in [0.05, 0.1) is 25.8 Å². The third-order valence-electron chi connectivity index (χ3n) is 4.36. The summed E-state index contributed by atoms with van der Waals surface area (Å²) in [4.78, 5) is 15.7. The summed E-state index contributed by atoms with van der Waals surface area (Å²) in [7, 11) is 1.87. The SMILES string of the molecule is CCNC(=NCc1ccnc(N2CCOC(C)C2)c1)NCc1ncnn1C. The van der Waals surface area contributed by atoms with Crippen molar-refractivity contribution in [3.8, 4) is 0 Å². The van der Waals surface area contributed by atoms with E-state index in [-0.39, 0.29) is 6.10 Å². The third-order valence-corrected chi connectivity index (χ3v) is 4.36. The number of hydrogen-bond donors (Lipinski definition) is 2. The highest BCUT2D eigenvalue weighted by molar-refractivity contribution is 5.79.